The molecule has 0 atom stereocenters. The average Bonchev–Trinajstić information content (AvgIpc) is 2.47. The van der Waals surface area contributed by atoms with Gasteiger partial charge in [0.25, 0.3) is 0 Å². The molecular weight excluding hydrogens is 262 g/mol. The molecule has 2 rings (SSSR count). The van der Waals surface area contributed by atoms with Crippen LogP contribution in [0, 0.1) is 23.0 Å². The maximum Gasteiger partial charge on any atom is 0.145 e. The highest BCUT2D eigenvalue weighted by atomic mass is 19.1. The normalized spacial score (nSPS) is 10.4. The molecule has 2 aromatic carbocycles. The Bertz CT molecular complexity index is 678. The summed E-state index contributed by atoms with van der Waals surface area (Å²) >= 11 is 0. The summed E-state index contributed by atoms with van der Waals surface area (Å²) in [6, 6.07) is 11.7. The maximum absolute atomic E-state index is 13.3. The minimum atomic E-state index is -0.562. The number of hydrogen-bond acceptors (Lipinski definition) is 3. The molecule has 0 aliphatic carbocycles. The lowest BCUT2D eigenvalue weighted by Gasteiger charge is -2.01. The highest BCUT2D eigenvalue weighted by Crippen LogP contribution is 2.11. The van der Waals surface area contributed by atoms with Crippen molar-refractivity contribution in [1.82, 2.24) is 0 Å². The van der Waals surface area contributed by atoms with Crippen LogP contribution in [0.2, 0.25) is 0 Å². The fraction of sp³-hybridized carbons (Fsp3) is 0.0667. The zero-order valence-corrected chi connectivity index (χ0v) is 10.3. The Kier molecular flexibility index (Phi) is 4.40. The minimum absolute atomic E-state index is 0.0707. The molecule has 0 amide bonds. The van der Waals surface area contributed by atoms with Crippen molar-refractivity contribution in [1.29, 1.82) is 5.26 Å². The van der Waals surface area contributed by atoms with Gasteiger partial charge < -0.3 is 4.84 Å². The molecule has 0 saturated heterocycles. The van der Waals surface area contributed by atoms with Gasteiger partial charge in [0.2, 0.25) is 0 Å². The SMILES string of the molecule is N#Cc1cccc(/[C]=N\OCc2cc(F)ccc2F)c1. The van der Waals surface area contributed by atoms with Crippen molar-refractivity contribution in [3.8, 4) is 6.07 Å². The number of nitrogens with zero attached hydrogens (tertiary/aromatic N) is 2. The van der Waals surface area contributed by atoms with E-state index in [1.54, 1.807) is 24.3 Å². The van der Waals surface area contributed by atoms with Crippen LogP contribution in [-0.2, 0) is 11.4 Å². The van der Waals surface area contributed by atoms with Crippen LogP contribution >= 0.6 is 0 Å². The summed E-state index contributed by atoms with van der Waals surface area (Å²) in [6.45, 7) is -0.200. The highest BCUT2D eigenvalue weighted by Gasteiger charge is 2.03. The summed E-state index contributed by atoms with van der Waals surface area (Å²) in [4.78, 5) is 4.86. The van der Waals surface area contributed by atoms with Gasteiger partial charge in [-0.25, -0.2) is 8.78 Å². The molecule has 0 bridgehead atoms. The van der Waals surface area contributed by atoms with Crippen molar-refractivity contribution in [2.24, 2.45) is 5.16 Å². The monoisotopic (exact) mass is 271 g/mol. The first-order valence-corrected chi connectivity index (χ1v) is 5.71. The van der Waals surface area contributed by atoms with E-state index in [0.29, 0.717) is 11.1 Å². The molecule has 0 fully saturated rings. The van der Waals surface area contributed by atoms with Gasteiger partial charge in [0.1, 0.15) is 24.5 Å². The quantitative estimate of drug-likeness (QED) is 0.633. The summed E-state index contributed by atoms with van der Waals surface area (Å²) < 4.78 is 26.2. The number of halogens is 2. The summed E-state index contributed by atoms with van der Waals surface area (Å²) in [5.41, 5.74) is 1.10. The van der Waals surface area contributed by atoms with Crippen LogP contribution in [0.4, 0.5) is 8.78 Å². The molecule has 0 heterocycles. The van der Waals surface area contributed by atoms with Gasteiger partial charge in [0.05, 0.1) is 11.6 Å². The van der Waals surface area contributed by atoms with Crippen LogP contribution in [0.1, 0.15) is 16.7 Å². The molecular formula is C15H9F2N2O. The molecule has 0 spiro atoms. The van der Waals surface area contributed by atoms with Crippen molar-refractivity contribution < 1.29 is 13.6 Å². The molecule has 5 heteroatoms. The van der Waals surface area contributed by atoms with Crippen LogP contribution < -0.4 is 0 Å². The van der Waals surface area contributed by atoms with E-state index in [1.807, 2.05) is 6.07 Å². The van der Waals surface area contributed by atoms with E-state index in [-0.39, 0.29) is 12.2 Å². The summed E-state index contributed by atoms with van der Waals surface area (Å²) in [5.74, 6) is -1.10. The Morgan fingerprint density at radius 3 is 2.70 bits per heavy atom. The highest BCUT2D eigenvalue weighted by molar-refractivity contribution is 5.79. The smallest absolute Gasteiger partial charge is 0.145 e. The van der Waals surface area contributed by atoms with Crippen molar-refractivity contribution in [2.75, 3.05) is 0 Å². The third kappa shape index (κ3) is 3.62. The number of benzene rings is 2. The summed E-state index contributed by atoms with van der Waals surface area (Å²) in [7, 11) is 0. The first-order valence-electron chi connectivity index (χ1n) is 5.71. The van der Waals surface area contributed by atoms with E-state index >= 15 is 0 Å². The maximum atomic E-state index is 13.3. The lowest BCUT2D eigenvalue weighted by molar-refractivity contribution is 0.129. The van der Waals surface area contributed by atoms with E-state index in [0.717, 1.165) is 18.2 Å². The van der Waals surface area contributed by atoms with Crippen LogP contribution in [0.25, 0.3) is 0 Å². The van der Waals surface area contributed by atoms with E-state index in [2.05, 4.69) is 11.4 Å². The standard InChI is InChI=1S/C15H9F2N2O/c16-14-4-5-15(17)13(7-14)10-20-19-9-12-3-1-2-11(6-12)8-18/h1-7H,10H2. The molecule has 99 valence electrons. The van der Waals surface area contributed by atoms with Crippen LogP contribution in [0.15, 0.2) is 47.6 Å². The largest absolute Gasteiger partial charge is 0.390 e. The van der Waals surface area contributed by atoms with E-state index < -0.39 is 11.6 Å². The van der Waals surface area contributed by atoms with Crippen molar-refractivity contribution in [2.45, 2.75) is 6.61 Å². The Morgan fingerprint density at radius 1 is 1.10 bits per heavy atom. The van der Waals surface area contributed by atoms with Crippen molar-refractivity contribution >= 4 is 6.21 Å². The molecule has 3 nitrogen and oxygen atoms in total. The minimum Gasteiger partial charge on any atom is -0.390 e. The van der Waals surface area contributed by atoms with Gasteiger partial charge in [0, 0.05) is 11.1 Å². The predicted octanol–water partition coefficient (Wildman–Crippen LogP) is 3.26. The summed E-state index contributed by atoms with van der Waals surface area (Å²) in [6.07, 6.45) is 2.56. The zero-order chi connectivity index (χ0) is 14.4. The Labute approximate surface area is 114 Å². The van der Waals surface area contributed by atoms with E-state index in [4.69, 9.17) is 10.1 Å². The van der Waals surface area contributed by atoms with Crippen LogP contribution in [-0.4, -0.2) is 6.21 Å². The Morgan fingerprint density at radius 2 is 1.90 bits per heavy atom. The second kappa shape index (κ2) is 6.43. The van der Waals surface area contributed by atoms with Gasteiger partial charge in [-0.2, -0.15) is 5.26 Å². The van der Waals surface area contributed by atoms with Gasteiger partial charge >= 0.3 is 0 Å². The molecule has 0 saturated carbocycles. The fourth-order valence-electron chi connectivity index (χ4n) is 1.50. The van der Waals surface area contributed by atoms with Crippen molar-refractivity contribution in [3.05, 3.63) is 70.8 Å². The van der Waals surface area contributed by atoms with Crippen LogP contribution in [0.5, 0.6) is 0 Å². The summed E-state index contributed by atoms with van der Waals surface area (Å²) in [5, 5.41) is 12.3. The van der Waals surface area contributed by atoms with Gasteiger partial charge in [0.15, 0.2) is 0 Å². The fourth-order valence-corrected chi connectivity index (χ4v) is 1.50. The zero-order valence-electron chi connectivity index (χ0n) is 10.3. The van der Waals surface area contributed by atoms with E-state index in [9.17, 15) is 8.78 Å². The number of nitriles is 1. The number of rotatable bonds is 4. The van der Waals surface area contributed by atoms with Gasteiger partial charge in [-0.1, -0.05) is 17.3 Å². The molecule has 0 N–H and O–H groups in total. The molecule has 0 aliphatic heterocycles. The number of hydrogen-bond donors (Lipinski definition) is 0. The second-order valence-corrected chi connectivity index (χ2v) is 3.90. The topological polar surface area (TPSA) is 45.4 Å². The third-order valence-corrected chi connectivity index (χ3v) is 2.46. The first kappa shape index (κ1) is 13.7. The van der Waals surface area contributed by atoms with Gasteiger partial charge in [-0.15, -0.1) is 0 Å². The molecule has 0 aromatic heterocycles. The van der Waals surface area contributed by atoms with Gasteiger partial charge in [-0.05, 0) is 30.3 Å². The lowest BCUT2D eigenvalue weighted by atomic mass is 10.1. The third-order valence-electron chi connectivity index (χ3n) is 2.46. The lowest BCUT2D eigenvalue weighted by Crippen LogP contribution is -1.94. The van der Waals surface area contributed by atoms with E-state index in [1.165, 1.54) is 0 Å². The molecule has 0 unspecified atom stereocenters. The average molecular weight is 271 g/mol. The second-order valence-electron chi connectivity index (χ2n) is 3.90. The molecule has 20 heavy (non-hydrogen) atoms. The first-order chi connectivity index (χ1) is 9.69. The molecule has 1 radical (unpaired) electrons. The van der Waals surface area contributed by atoms with Crippen LogP contribution in [0.3, 0.4) is 0 Å². The molecule has 2 aromatic rings. The van der Waals surface area contributed by atoms with Crippen molar-refractivity contribution in [3.63, 3.8) is 0 Å². The van der Waals surface area contributed by atoms with Gasteiger partial charge in [-0.3, -0.25) is 0 Å². The Hall–Kier alpha value is -2.74. The molecule has 0 aliphatic rings. The Balaban J connectivity index is 1.97. The predicted molar refractivity (Wildman–Crippen MR) is 68.8 cm³/mol.